The van der Waals surface area contributed by atoms with Crippen molar-refractivity contribution in [2.45, 2.75) is 63.4 Å². The number of carboxylic acid groups (broad SMARTS) is 1. The summed E-state index contributed by atoms with van der Waals surface area (Å²) < 4.78 is 0. The smallest absolute Gasteiger partial charge is 0.303 e. The summed E-state index contributed by atoms with van der Waals surface area (Å²) in [7, 11) is 0. The van der Waals surface area contributed by atoms with E-state index in [4.69, 9.17) is 16.7 Å². The number of carbonyl (C=O) groups excluding carboxylic acids is 1. The summed E-state index contributed by atoms with van der Waals surface area (Å²) in [5, 5.41) is 28.1. The van der Waals surface area contributed by atoms with Crippen LogP contribution in [0.1, 0.15) is 51.9 Å². The van der Waals surface area contributed by atoms with E-state index >= 15 is 0 Å². The van der Waals surface area contributed by atoms with Crippen molar-refractivity contribution < 1.29 is 24.9 Å². The molecule has 0 heterocycles. The maximum atomic E-state index is 11.0. The fraction of sp³-hybridized carbons (Fsp3) is 0.625. The highest BCUT2D eigenvalue weighted by Gasteiger charge is 2.32. The van der Waals surface area contributed by atoms with Gasteiger partial charge in [0, 0.05) is 12.0 Å². The fourth-order valence-electron chi connectivity index (χ4n) is 2.60. The molecule has 0 bridgehead atoms. The largest absolute Gasteiger partial charge is 0.507 e. The first-order valence-corrected chi connectivity index (χ1v) is 7.96. The molecule has 0 aromatic carbocycles. The van der Waals surface area contributed by atoms with Crippen LogP contribution in [0.3, 0.4) is 0 Å². The Morgan fingerprint density at radius 2 is 1.82 bits per heavy atom. The van der Waals surface area contributed by atoms with Crippen LogP contribution in [0.5, 0.6) is 0 Å². The molecule has 3 N–H and O–H groups in total. The Morgan fingerprint density at radius 3 is 2.41 bits per heavy atom. The summed E-state index contributed by atoms with van der Waals surface area (Å²) in [5.74, 6) is -0.931. The van der Waals surface area contributed by atoms with Crippen molar-refractivity contribution in [3.8, 4) is 0 Å². The molecule has 22 heavy (non-hydrogen) atoms. The van der Waals surface area contributed by atoms with Gasteiger partial charge in [-0.25, -0.2) is 0 Å². The highest BCUT2D eigenvalue weighted by atomic mass is 35.5. The highest BCUT2D eigenvalue weighted by Crippen LogP contribution is 2.34. The van der Waals surface area contributed by atoms with Gasteiger partial charge in [-0.3, -0.25) is 9.59 Å². The van der Waals surface area contributed by atoms with Crippen LogP contribution in [-0.2, 0) is 9.59 Å². The number of aldehydes is 1. The third-order valence-corrected chi connectivity index (χ3v) is 4.55. The van der Waals surface area contributed by atoms with Gasteiger partial charge >= 0.3 is 5.97 Å². The van der Waals surface area contributed by atoms with E-state index in [1.54, 1.807) is 6.92 Å². The summed E-state index contributed by atoms with van der Waals surface area (Å²) in [6.07, 6.45) is 4.27. The van der Waals surface area contributed by atoms with E-state index in [0.29, 0.717) is 30.3 Å². The predicted molar refractivity (Wildman–Crippen MR) is 84.0 cm³/mol. The number of hydrogen-bond donors (Lipinski definition) is 3. The Balaban J connectivity index is 2.48. The first-order chi connectivity index (χ1) is 10.4. The first-order valence-electron chi connectivity index (χ1n) is 7.52. The molecule has 1 unspecified atom stereocenters. The van der Waals surface area contributed by atoms with Gasteiger partial charge in [-0.2, -0.15) is 0 Å². The van der Waals surface area contributed by atoms with Gasteiger partial charge < -0.3 is 15.3 Å². The molecule has 0 saturated carbocycles. The number of carbonyl (C=O) groups is 2. The molecule has 6 heteroatoms. The maximum absolute atomic E-state index is 11.0. The molecule has 0 amide bonds. The van der Waals surface area contributed by atoms with E-state index in [1.807, 2.05) is 0 Å². The van der Waals surface area contributed by atoms with Crippen molar-refractivity contribution in [3.63, 3.8) is 0 Å². The zero-order valence-electron chi connectivity index (χ0n) is 12.7. The van der Waals surface area contributed by atoms with Gasteiger partial charge in [-0.05, 0) is 31.8 Å². The monoisotopic (exact) mass is 330 g/mol. The molecule has 2 atom stereocenters. The van der Waals surface area contributed by atoms with Crippen LogP contribution in [0, 0.1) is 0 Å². The van der Waals surface area contributed by atoms with Crippen molar-refractivity contribution in [1.82, 2.24) is 0 Å². The number of unbranched alkanes of at least 4 members (excludes halogenated alkanes) is 4. The molecule has 0 fully saturated rings. The van der Waals surface area contributed by atoms with Gasteiger partial charge in [-0.1, -0.05) is 19.3 Å². The number of halogens is 1. The lowest BCUT2D eigenvalue weighted by atomic mass is 9.86. The molecule has 1 aliphatic carbocycles. The first kappa shape index (κ1) is 18.7. The summed E-state index contributed by atoms with van der Waals surface area (Å²) in [6, 6.07) is 0. The normalized spacial score (nSPS) is 22.1. The molecule has 5 nitrogen and oxygen atoms in total. The van der Waals surface area contributed by atoms with Crippen LogP contribution < -0.4 is 0 Å². The van der Waals surface area contributed by atoms with Crippen molar-refractivity contribution >= 4 is 23.9 Å². The summed E-state index contributed by atoms with van der Waals surface area (Å²) in [6.45, 7) is 1.63. The molecule has 1 rings (SSSR count). The van der Waals surface area contributed by atoms with Crippen LogP contribution in [-0.4, -0.2) is 39.1 Å². The summed E-state index contributed by atoms with van der Waals surface area (Å²) in [4.78, 5) is 21.4. The fourth-order valence-corrected chi connectivity index (χ4v) is 2.87. The molecule has 0 aliphatic heterocycles. The number of aliphatic hydroxyl groups excluding tert-OH is 2. The van der Waals surface area contributed by atoms with E-state index in [9.17, 15) is 19.8 Å². The second kappa shape index (κ2) is 8.96. The Bertz CT molecular complexity index is 481. The van der Waals surface area contributed by atoms with Crippen molar-refractivity contribution in [3.05, 3.63) is 22.5 Å². The number of hydrogen-bond acceptors (Lipinski definition) is 4. The van der Waals surface area contributed by atoms with Gasteiger partial charge in [-0.15, -0.1) is 11.6 Å². The van der Waals surface area contributed by atoms with Crippen molar-refractivity contribution in [2.75, 3.05) is 0 Å². The Hall–Kier alpha value is -1.33. The third kappa shape index (κ3) is 4.85. The van der Waals surface area contributed by atoms with Crippen LogP contribution in [0.4, 0.5) is 0 Å². The average molecular weight is 331 g/mol. The number of rotatable bonds is 9. The second-order valence-corrected chi connectivity index (χ2v) is 6.07. The van der Waals surface area contributed by atoms with Crippen LogP contribution in [0.15, 0.2) is 22.5 Å². The molecule has 0 spiro atoms. The summed E-state index contributed by atoms with van der Waals surface area (Å²) in [5.41, 5.74) is 1.07. The molecular weight excluding hydrogens is 308 g/mol. The van der Waals surface area contributed by atoms with Gasteiger partial charge in [0.05, 0.1) is 17.1 Å². The van der Waals surface area contributed by atoms with Crippen LogP contribution >= 0.6 is 11.6 Å². The van der Waals surface area contributed by atoms with E-state index in [1.165, 1.54) is 0 Å². The molecule has 1 aliphatic rings. The molecule has 0 radical (unpaired) electrons. The quantitative estimate of drug-likeness (QED) is 0.343. The van der Waals surface area contributed by atoms with Gasteiger partial charge in [0.15, 0.2) is 6.29 Å². The number of aliphatic hydroxyl groups is 2. The Labute approximate surface area is 135 Å². The molecule has 0 aromatic rings. The number of alkyl halides is 1. The minimum absolute atomic E-state index is 0.150. The predicted octanol–water partition coefficient (Wildman–Crippen LogP) is 3.11. The lowest BCUT2D eigenvalue weighted by Gasteiger charge is -2.28. The Morgan fingerprint density at radius 1 is 1.23 bits per heavy atom. The molecule has 0 saturated heterocycles. The van der Waals surface area contributed by atoms with E-state index in [2.05, 4.69) is 0 Å². The SMILES string of the molecule is CC1=C(C=O)C(O)=C(CCCCCCCC(=O)O)[C@@H](O)C1Cl. The number of aliphatic carboxylic acids is 1. The molecular formula is C16H23ClO5. The average Bonchev–Trinajstić information content (AvgIpc) is 2.47. The zero-order valence-corrected chi connectivity index (χ0v) is 13.5. The third-order valence-electron chi connectivity index (χ3n) is 3.99. The summed E-state index contributed by atoms with van der Waals surface area (Å²) >= 11 is 6.09. The van der Waals surface area contributed by atoms with Crippen LogP contribution in [0.25, 0.3) is 0 Å². The minimum Gasteiger partial charge on any atom is -0.507 e. The van der Waals surface area contributed by atoms with E-state index in [0.717, 1.165) is 25.7 Å². The van der Waals surface area contributed by atoms with E-state index in [-0.39, 0.29) is 17.8 Å². The number of carboxylic acids is 1. The lowest BCUT2D eigenvalue weighted by molar-refractivity contribution is -0.137. The lowest BCUT2D eigenvalue weighted by Crippen LogP contribution is -2.31. The van der Waals surface area contributed by atoms with Crippen molar-refractivity contribution in [2.24, 2.45) is 0 Å². The molecule has 0 aromatic heterocycles. The second-order valence-electron chi connectivity index (χ2n) is 5.60. The highest BCUT2D eigenvalue weighted by molar-refractivity contribution is 6.23. The number of allylic oxidation sites excluding steroid dienone is 1. The molecule has 124 valence electrons. The van der Waals surface area contributed by atoms with Crippen molar-refractivity contribution in [1.29, 1.82) is 0 Å². The van der Waals surface area contributed by atoms with Gasteiger partial charge in [0.1, 0.15) is 5.76 Å². The Kier molecular flexibility index (Phi) is 7.62. The van der Waals surface area contributed by atoms with Gasteiger partial charge in [0.25, 0.3) is 0 Å². The maximum Gasteiger partial charge on any atom is 0.303 e. The van der Waals surface area contributed by atoms with Crippen LogP contribution in [0.2, 0.25) is 0 Å². The standard InChI is InChI=1S/C16H23ClO5/c1-10-12(9-18)15(21)11(16(22)14(10)17)7-5-3-2-4-6-8-13(19)20/h9,14,16,21-22H,2-8H2,1H3,(H,19,20)/t14?,16-/m1/s1. The van der Waals surface area contributed by atoms with E-state index < -0.39 is 17.5 Å². The zero-order chi connectivity index (χ0) is 16.7. The topological polar surface area (TPSA) is 94.8 Å². The van der Waals surface area contributed by atoms with Gasteiger partial charge in [0.2, 0.25) is 0 Å². The minimum atomic E-state index is -0.975.